The summed E-state index contributed by atoms with van der Waals surface area (Å²) in [6, 6.07) is 9.35. The molecule has 0 aliphatic heterocycles. The van der Waals surface area contributed by atoms with Crippen molar-refractivity contribution in [2.75, 3.05) is 14.2 Å². The normalized spacial score (nSPS) is 10.8. The van der Waals surface area contributed by atoms with Crippen LogP contribution in [0.15, 0.2) is 30.3 Å². The summed E-state index contributed by atoms with van der Waals surface area (Å²) in [5.74, 6) is -1.43. The lowest BCUT2D eigenvalue weighted by molar-refractivity contribution is 0.305. The molecule has 0 radical (unpaired) electrons. The van der Waals surface area contributed by atoms with Crippen LogP contribution in [0.1, 0.15) is 11.1 Å². The Morgan fingerprint density at radius 1 is 0.762 bits per heavy atom. The van der Waals surface area contributed by atoms with Crippen molar-refractivity contribution in [3.05, 3.63) is 41.5 Å². The van der Waals surface area contributed by atoms with Crippen LogP contribution >= 0.6 is 0 Å². The first kappa shape index (κ1) is 14.6. The van der Waals surface area contributed by atoms with E-state index in [4.69, 9.17) is 9.47 Å². The molecule has 0 aromatic heterocycles. The molecule has 110 valence electrons. The topological polar surface area (TPSA) is 79.2 Å². The van der Waals surface area contributed by atoms with E-state index in [0.717, 1.165) is 5.56 Å². The zero-order valence-corrected chi connectivity index (χ0v) is 11.7. The molecule has 0 spiro atoms. The lowest BCUT2D eigenvalue weighted by Crippen LogP contribution is -1.94. The van der Waals surface area contributed by atoms with E-state index in [-0.39, 0.29) is 22.8 Å². The number of ether oxygens (including phenoxy) is 2. The molecule has 2 aromatic rings. The lowest BCUT2D eigenvalue weighted by atomic mass is 10.1. The number of phenols is 3. The quantitative estimate of drug-likeness (QED) is 0.458. The monoisotopic (exact) mass is 288 g/mol. The first-order valence-electron chi connectivity index (χ1n) is 6.22. The highest BCUT2D eigenvalue weighted by molar-refractivity contribution is 5.82. The molecule has 0 unspecified atom stereocenters. The Balaban J connectivity index is 2.54. The summed E-state index contributed by atoms with van der Waals surface area (Å²) >= 11 is 0. The smallest absolute Gasteiger partial charge is 0.211 e. The summed E-state index contributed by atoms with van der Waals surface area (Å²) in [5.41, 5.74) is 0.930. The summed E-state index contributed by atoms with van der Waals surface area (Å²) in [5, 5.41) is 30.1. The van der Waals surface area contributed by atoms with Crippen molar-refractivity contribution < 1.29 is 24.8 Å². The molecule has 2 rings (SSSR count). The van der Waals surface area contributed by atoms with Gasteiger partial charge in [0.15, 0.2) is 11.5 Å². The van der Waals surface area contributed by atoms with Crippen LogP contribution in [0.3, 0.4) is 0 Å². The van der Waals surface area contributed by atoms with Gasteiger partial charge in [-0.05, 0) is 11.6 Å². The van der Waals surface area contributed by atoms with Crippen LogP contribution in [0, 0.1) is 0 Å². The predicted octanol–water partition coefficient (Wildman–Crippen LogP) is 2.99. The highest BCUT2D eigenvalue weighted by Crippen LogP contribution is 2.52. The van der Waals surface area contributed by atoms with Gasteiger partial charge in [-0.3, -0.25) is 0 Å². The van der Waals surface area contributed by atoms with Crippen molar-refractivity contribution >= 4 is 12.2 Å². The molecule has 5 nitrogen and oxygen atoms in total. The molecule has 0 aliphatic rings. The SMILES string of the molecule is COc1c(O)c(O)c(C=Cc2ccccc2)c(O)c1OC. The van der Waals surface area contributed by atoms with Crippen molar-refractivity contribution in [3.63, 3.8) is 0 Å². The van der Waals surface area contributed by atoms with E-state index in [9.17, 15) is 15.3 Å². The maximum atomic E-state index is 10.2. The van der Waals surface area contributed by atoms with Gasteiger partial charge >= 0.3 is 0 Å². The minimum Gasteiger partial charge on any atom is -0.504 e. The second-order valence-corrected chi connectivity index (χ2v) is 4.27. The summed E-state index contributed by atoms with van der Waals surface area (Å²) in [6.45, 7) is 0. The van der Waals surface area contributed by atoms with Gasteiger partial charge in [0, 0.05) is 0 Å². The predicted molar refractivity (Wildman–Crippen MR) is 79.9 cm³/mol. The summed E-state index contributed by atoms with van der Waals surface area (Å²) in [6.07, 6.45) is 3.18. The van der Waals surface area contributed by atoms with Gasteiger partial charge in [-0.25, -0.2) is 0 Å². The van der Waals surface area contributed by atoms with Crippen molar-refractivity contribution in [1.29, 1.82) is 0 Å². The van der Waals surface area contributed by atoms with E-state index in [0.29, 0.717) is 0 Å². The zero-order chi connectivity index (χ0) is 15.4. The molecule has 0 atom stereocenters. The minimum atomic E-state index is -0.486. The second-order valence-electron chi connectivity index (χ2n) is 4.27. The molecule has 0 heterocycles. The van der Waals surface area contributed by atoms with E-state index < -0.39 is 11.5 Å². The lowest BCUT2D eigenvalue weighted by Gasteiger charge is -2.14. The standard InChI is InChI=1S/C16H16O5/c1-20-15-13(18)11(12(17)14(19)16(15)21-2)9-8-10-6-4-3-5-7-10/h3-9,17-19H,1-2H3. The molecule has 3 N–H and O–H groups in total. The molecule has 0 aliphatic carbocycles. The van der Waals surface area contributed by atoms with E-state index in [1.807, 2.05) is 30.3 Å². The van der Waals surface area contributed by atoms with Gasteiger partial charge in [0.1, 0.15) is 0 Å². The molecule has 0 saturated carbocycles. The fourth-order valence-corrected chi connectivity index (χ4v) is 1.96. The molecule has 0 bridgehead atoms. The van der Waals surface area contributed by atoms with Gasteiger partial charge in [0.05, 0.1) is 19.8 Å². The van der Waals surface area contributed by atoms with Crippen molar-refractivity contribution in [2.24, 2.45) is 0 Å². The highest BCUT2D eigenvalue weighted by atomic mass is 16.5. The molecule has 0 amide bonds. The van der Waals surface area contributed by atoms with Gasteiger partial charge in [0.2, 0.25) is 17.2 Å². The third-order valence-corrected chi connectivity index (χ3v) is 3.02. The molecule has 21 heavy (non-hydrogen) atoms. The molecular weight excluding hydrogens is 272 g/mol. The summed E-state index contributed by atoms with van der Waals surface area (Å²) in [7, 11) is 2.63. The fraction of sp³-hybridized carbons (Fsp3) is 0.125. The average Bonchev–Trinajstić information content (AvgIpc) is 2.51. The minimum absolute atomic E-state index is 0.0412. The van der Waals surface area contributed by atoms with Crippen molar-refractivity contribution in [3.8, 4) is 28.7 Å². The van der Waals surface area contributed by atoms with Crippen LogP contribution in [-0.2, 0) is 0 Å². The van der Waals surface area contributed by atoms with Gasteiger partial charge in [-0.15, -0.1) is 0 Å². The van der Waals surface area contributed by atoms with Crippen LogP contribution in [-0.4, -0.2) is 29.5 Å². The van der Waals surface area contributed by atoms with E-state index in [2.05, 4.69) is 0 Å². The van der Waals surface area contributed by atoms with Crippen LogP contribution in [0.2, 0.25) is 0 Å². The zero-order valence-electron chi connectivity index (χ0n) is 11.7. The van der Waals surface area contributed by atoms with Crippen molar-refractivity contribution in [1.82, 2.24) is 0 Å². The number of benzene rings is 2. The molecule has 5 heteroatoms. The molecule has 0 saturated heterocycles. The number of aromatic hydroxyl groups is 3. The summed E-state index contributed by atoms with van der Waals surface area (Å²) in [4.78, 5) is 0. The Kier molecular flexibility index (Phi) is 4.23. The van der Waals surface area contributed by atoms with Crippen molar-refractivity contribution in [2.45, 2.75) is 0 Å². The first-order chi connectivity index (χ1) is 10.1. The number of hydrogen-bond donors (Lipinski definition) is 3. The van der Waals surface area contributed by atoms with E-state index in [1.165, 1.54) is 20.3 Å². The Bertz CT molecular complexity index is 662. The average molecular weight is 288 g/mol. The Morgan fingerprint density at radius 3 is 1.90 bits per heavy atom. The van der Waals surface area contributed by atoms with Gasteiger partial charge < -0.3 is 24.8 Å². The summed E-state index contributed by atoms with van der Waals surface area (Å²) < 4.78 is 9.94. The largest absolute Gasteiger partial charge is 0.504 e. The van der Waals surface area contributed by atoms with Crippen LogP contribution in [0.5, 0.6) is 28.7 Å². The maximum Gasteiger partial charge on any atom is 0.211 e. The Morgan fingerprint density at radius 2 is 1.33 bits per heavy atom. The number of hydrogen-bond acceptors (Lipinski definition) is 5. The Labute approximate surface area is 122 Å². The Hall–Kier alpha value is -2.82. The van der Waals surface area contributed by atoms with Gasteiger partial charge in [-0.2, -0.15) is 0 Å². The van der Waals surface area contributed by atoms with E-state index >= 15 is 0 Å². The van der Waals surface area contributed by atoms with Gasteiger partial charge in [-0.1, -0.05) is 36.4 Å². The van der Waals surface area contributed by atoms with Gasteiger partial charge in [0.25, 0.3) is 0 Å². The van der Waals surface area contributed by atoms with Crippen LogP contribution < -0.4 is 9.47 Å². The third kappa shape index (κ3) is 2.72. The van der Waals surface area contributed by atoms with E-state index in [1.54, 1.807) is 6.08 Å². The maximum absolute atomic E-state index is 10.2. The second kappa shape index (κ2) is 6.09. The first-order valence-corrected chi connectivity index (χ1v) is 6.22. The van der Waals surface area contributed by atoms with Crippen LogP contribution in [0.4, 0.5) is 0 Å². The highest BCUT2D eigenvalue weighted by Gasteiger charge is 2.23. The fourth-order valence-electron chi connectivity index (χ4n) is 1.96. The number of methoxy groups -OCH3 is 2. The van der Waals surface area contributed by atoms with Crippen LogP contribution in [0.25, 0.3) is 12.2 Å². The molecule has 2 aromatic carbocycles. The number of rotatable bonds is 4. The third-order valence-electron chi connectivity index (χ3n) is 3.02. The molecule has 0 fully saturated rings. The molecular formula is C16H16O5. The number of phenolic OH excluding ortho intramolecular Hbond substituents is 3.